The van der Waals surface area contributed by atoms with Crippen molar-refractivity contribution < 1.29 is 9.18 Å². The van der Waals surface area contributed by atoms with Gasteiger partial charge in [-0.05, 0) is 53.6 Å². The van der Waals surface area contributed by atoms with E-state index in [2.05, 4.69) is 9.88 Å². The molecule has 0 saturated heterocycles. The molecule has 1 aromatic heterocycles. The van der Waals surface area contributed by atoms with Gasteiger partial charge in [-0.25, -0.2) is 9.18 Å². The van der Waals surface area contributed by atoms with Crippen LogP contribution in [0.1, 0.15) is 22.9 Å². The summed E-state index contributed by atoms with van der Waals surface area (Å²) in [6.07, 6.45) is 2.00. The predicted molar refractivity (Wildman–Crippen MR) is 120 cm³/mol. The summed E-state index contributed by atoms with van der Waals surface area (Å²) in [5, 5.41) is 3.37. The van der Waals surface area contributed by atoms with E-state index < -0.39 is 5.82 Å². The zero-order valence-electron chi connectivity index (χ0n) is 16.5. The molecule has 2 amide bonds. The second kappa shape index (κ2) is 7.93. The van der Waals surface area contributed by atoms with Crippen LogP contribution in [-0.2, 0) is 6.54 Å². The molecule has 0 radical (unpaired) electrons. The molecular formula is C25H19ClFN3O. The maximum atomic E-state index is 14.2. The molecule has 1 aliphatic heterocycles. The molecule has 2 heterocycles. The predicted octanol–water partition coefficient (Wildman–Crippen LogP) is 6.41. The Labute approximate surface area is 184 Å². The molecule has 1 unspecified atom stereocenters. The number of carbonyl (C=O) groups is 1. The molecule has 1 aliphatic rings. The second-order valence-corrected chi connectivity index (χ2v) is 7.86. The van der Waals surface area contributed by atoms with E-state index in [0.717, 1.165) is 22.5 Å². The Kier molecular flexibility index (Phi) is 4.96. The maximum Gasteiger partial charge on any atom is 0.323 e. The molecule has 1 N–H and O–H groups in total. The third-order valence-corrected chi connectivity index (χ3v) is 5.78. The summed E-state index contributed by atoms with van der Waals surface area (Å²) in [5.74, 6) is -0.475. The van der Waals surface area contributed by atoms with Crippen molar-refractivity contribution >= 4 is 23.3 Å². The first-order chi connectivity index (χ1) is 15.1. The van der Waals surface area contributed by atoms with Crippen LogP contribution in [0.15, 0.2) is 91.1 Å². The Morgan fingerprint density at radius 2 is 1.68 bits per heavy atom. The molecule has 0 spiro atoms. The Morgan fingerprint density at radius 1 is 0.935 bits per heavy atom. The molecule has 5 rings (SSSR count). The molecule has 31 heavy (non-hydrogen) atoms. The Balaban J connectivity index is 1.64. The molecule has 154 valence electrons. The zero-order chi connectivity index (χ0) is 21.4. The minimum Gasteiger partial charge on any atom is -0.318 e. The summed E-state index contributed by atoms with van der Waals surface area (Å²) in [7, 11) is 0. The second-order valence-electron chi connectivity index (χ2n) is 7.42. The van der Waals surface area contributed by atoms with Crippen LogP contribution in [0.25, 0.3) is 5.69 Å². The van der Waals surface area contributed by atoms with E-state index in [-0.39, 0.29) is 17.8 Å². The van der Waals surface area contributed by atoms with Gasteiger partial charge in [-0.2, -0.15) is 0 Å². The number of hydrogen-bond acceptors (Lipinski definition) is 1. The first-order valence-electron chi connectivity index (χ1n) is 9.95. The molecule has 1 atom stereocenters. The number of carbonyl (C=O) groups excluding carboxylic acids is 1. The van der Waals surface area contributed by atoms with E-state index in [4.69, 9.17) is 11.6 Å². The first-order valence-corrected chi connectivity index (χ1v) is 10.3. The van der Waals surface area contributed by atoms with Gasteiger partial charge in [-0.15, -0.1) is 0 Å². The average molecular weight is 432 g/mol. The van der Waals surface area contributed by atoms with Crippen molar-refractivity contribution in [2.45, 2.75) is 12.6 Å². The summed E-state index contributed by atoms with van der Waals surface area (Å²) in [4.78, 5) is 15.2. The lowest BCUT2D eigenvalue weighted by atomic mass is 10.0. The first kappa shape index (κ1) is 19.4. The third-order valence-electron chi connectivity index (χ3n) is 5.53. The molecule has 4 nitrogen and oxygen atoms in total. The van der Waals surface area contributed by atoms with Crippen LogP contribution in [0.4, 0.5) is 14.9 Å². The smallest absolute Gasteiger partial charge is 0.318 e. The average Bonchev–Trinajstić information content (AvgIpc) is 3.20. The van der Waals surface area contributed by atoms with E-state index in [1.54, 1.807) is 23.1 Å². The van der Waals surface area contributed by atoms with Crippen LogP contribution in [0.3, 0.4) is 0 Å². The maximum absolute atomic E-state index is 14.2. The van der Waals surface area contributed by atoms with E-state index >= 15 is 0 Å². The standard InChI is InChI=1S/C25H19ClFN3O/c26-19-13-11-17(12-14-19)24-23-10-5-15-29(23)22-9-4-1-6-18(22)16-30(24)25(31)28-21-8-3-2-7-20(21)27/h1-15,24H,16H2,(H,28,31). The van der Waals surface area contributed by atoms with Crippen LogP contribution >= 0.6 is 11.6 Å². The van der Waals surface area contributed by atoms with E-state index in [0.29, 0.717) is 11.6 Å². The summed E-state index contributed by atoms with van der Waals surface area (Å²) in [6.45, 7) is 0.367. The van der Waals surface area contributed by atoms with E-state index in [1.165, 1.54) is 6.07 Å². The number of hydrogen-bond donors (Lipinski definition) is 1. The minimum atomic E-state index is -0.475. The molecule has 0 aliphatic carbocycles. The third kappa shape index (κ3) is 3.57. The number of nitrogens with one attached hydrogen (secondary N) is 1. The fraction of sp³-hybridized carbons (Fsp3) is 0.0800. The van der Waals surface area contributed by atoms with Gasteiger partial charge in [-0.1, -0.05) is 54.1 Å². The van der Waals surface area contributed by atoms with Crippen LogP contribution in [0, 0.1) is 5.82 Å². The van der Waals surface area contributed by atoms with Gasteiger partial charge < -0.3 is 14.8 Å². The van der Waals surface area contributed by atoms with E-state index in [1.807, 2.05) is 66.9 Å². The number of fused-ring (bicyclic) bond motifs is 3. The number of nitrogens with zero attached hydrogens (tertiary/aromatic N) is 2. The Morgan fingerprint density at radius 3 is 2.48 bits per heavy atom. The van der Waals surface area contributed by atoms with Crippen molar-refractivity contribution in [3.05, 3.63) is 119 Å². The highest BCUT2D eigenvalue weighted by atomic mass is 35.5. The SMILES string of the molecule is O=C(Nc1ccccc1F)N1Cc2ccccc2-n2cccc2C1c1ccc(Cl)cc1. The molecule has 4 aromatic rings. The summed E-state index contributed by atoms with van der Waals surface area (Å²) in [6, 6.07) is 24.8. The molecule has 0 bridgehead atoms. The number of benzene rings is 3. The number of aromatic nitrogens is 1. The fourth-order valence-electron chi connectivity index (χ4n) is 4.08. The van der Waals surface area contributed by atoms with Crippen molar-refractivity contribution in [1.29, 1.82) is 0 Å². The normalized spacial score (nSPS) is 15.0. The van der Waals surface area contributed by atoms with Gasteiger partial charge >= 0.3 is 6.03 Å². The number of halogens is 2. The lowest BCUT2D eigenvalue weighted by molar-refractivity contribution is 0.194. The van der Waals surface area contributed by atoms with Gasteiger partial charge in [0.25, 0.3) is 0 Å². The van der Waals surface area contributed by atoms with Crippen molar-refractivity contribution in [3.63, 3.8) is 0 Å². The fourth-order valence-corrected chi connectivity index (χ4v) is 4.21. The number of para-hydroxylation sites is 2. The highest BCUT2D eigenvalue weighted by molar-refractivity contribution is 6.30. The monoisotopic (exact) mass is 431 g/mol. The van der Waals surface area contributed by atoms with Crippen molar-refractivity contribution in [2.24, 2.45) is 0 Å². The number of amides is 2. The highest BCUT2D eigenvalue weighted by Crippen LogP contribution is 2.37. The van der Waals surface area contributed by atoms with Gasteiger partial charge in [-0.3, -0.25) is 0 Å². The summed E-state index contributed by atoms with van der Waals surface area (Å²) in [5.41, 5.74) is 4.02. The minimum absolute atomic E-state index is 0.148. The number of urea groups is 1. The Bertz CT molecular complexity index is 1250. The largest absolute Gasteiger partial charge is 0.323 e. The van der Waals surface area contributed by atoms with Crippen molar-refractivity contribution in [2.75, 3.05) is 5.32 Å². The molecule has 3 aromatic carbocycles. The zero-order valence-corrected chi connectivity index (χ0v) is 17.3. The van der Waals surface area contributed by atoms with Crippen LogP contribution < -0.4 is 5.32 Å². The lowest BCUT2D eigenvalue weighted by Gasteiger charge is -2.31. The van der Waals surface area contributed by atoms with Gasteiger partial charge in [0.15, 0.2) is 0 Å². The lowest BCUT2D eigenvalue weighted by Crippen LogP contribution is -2.38. The van der Waals surface area contributed by atoms with Gasteiger partial charge in [0.2, 0.25) is 0 Å². The van der Waals surface area contributed by atoms with Gasteiger partial charge in [0.05, 0.1) is 24.0 Å². The highest BCUT2D eigenvalue weighted by Gasteiger charge is 2.33. The van der Waals surface area contributed by atoms with Crippen molar-refractivity contribution in [1.82, 2.24) is 9.47 Å². The summed E-state index contributed by atoms with van der Waals surface area (Å²) < 4.78 is 16.3. The Hall–Kier alpha value is -3.57. The molecule has 0 fully saturated rings. The quantitative estimate of drug-likeness (QED) is 0.391. The van der Waals surface area contributed by atoms with Crippen LogP contribution in [0.5, 0.6) is 0 Å². The van der Waals surface area contributed by atoms with Crippen LogP contribution in [-0.4, -0.2) is 15.5 Å². The molecule has 6 heteroatoms. The van der Waals surface area contributed by atoms with Crippen molar-refractivity contribution in [3.8, 4) is 5.69 Å². The molecular weight excluding hydrogens is 413 g/mol. The van der Waals surface area contributed by atoms with E-state index in [9.17, 15) is 9.18 Å². The molecule has 0 saturated carbocycles. The summed E-state index contributed by atoms with van der Waals surface area (Å²) >= 11 is 6.12. The van der Waals surface area contributed by atoms with Crippen LogP contribution in [0.2, 0.25) is 5.02 Å². The van der Waals surface area contributed by atoms with Gasteiger partial charge in [0, 0.05) is 16.9 Å². The topological polar surface area (TPSA) is 37.3 Å². The van der Waals surface area contributed by atoms with Gasteiger partial charge in [0.1, 0.15) is 5.82 Å². The number of rotatable bonds is 2. The number of anilines is 1.